The van der Waals surface area contributed by atoms with Gasteiger partial charge in [0, 0.05) is 12.8 Å². The van der Waals surface area contributed by atoms with Crippen LogP contribution in [0.1, 0.15) is 39.8 Å². The summed E-state index contributed by atoms with van der Waals surface area (Å²) in [5, 5.41) is 10.2. The summed E-state index contributed by atoms with van der Waals surface area (Å²) < 4.78 is 41.6. The van der Waals surface area contributed by atoms with Crippen LogP contribution in [0.25, 0.3) is 0 Å². The van der Waals surface area contributed by atoms with Crippen LogP contribution in [0.3, 0.4) is 0 Å². The van der Waals surface area contributed by atoms with Crippen molar-refractivity contribution in [1.29, 1.82) is 0 Å². The Balaban J connectivity index is 1.54. The van der Waals surface area contributed by atoms with Crippen LogP contribution in [0.5, 0.6) is 0 Å². The van der Waals surface area contributed by atoms with Gasteiger partial charge in [-0.3, -0.25) is 23.7 Å². The molecule has 0 spiro atoms. The highest BCUT2D eigenvalue weighted by Gasteiger charge is 2.38. The molecule has 3 heterocycles. The number of halogens is 1. The molecular weight excluding hydrogens is 426 g/mol. The number of hydrogen-bond acceptors (Lipinski definition) is 9. The Hall–Kier alpha value is -1.69. The number of aromatic amines is 1. The van der Waals surface area contributed by atoms with Gasteiger partial charge >= 0.3 is 20.3 Å². The first-order chi connectivity index (χ1) is 14.0. The minimum Gasteiger partial charge on any atom is -0.435 e. The molecule has 0 saturated carbocycles. The molecule has 2 saturated heterocycles. The molecule has 0 radical (unpaired) electrons. The van der Waals surface area contributed by atoms with Gasteiger partial charge in [-0.1, -0.05) is 0 Å². The summed E-state index contributed by atoms with van der Waals surface area (Å²) in [6.45, 7) is 5.30. The highest BCUT2D eigenvalue weighted by Crippen LogP contribution is 2.46. The van der Waals surface area contributed by atoms with Crippen molar-refractivity contribution in [3.63, 3.8) is 0 Å². The fourth-order valence-electron chi connectivity index (χ4n) is 2.69. The molecule has 0 aliphatic carbocycles. The molecule has 30 heavy (non-hydrogen) atoms. The number of carbonyl (C=O) groups is 1. The van der Waals surface area contributed by atoms with Crippen LogP contribution in [0.15, 0.2) is 15.8 Å². The predicted molar refractivity (Wildman–Crippen MR) is 99.7 cm³/mol. The quantitative estimate of drug-likeness (QED) is 0.495. The van der Waals surface area contributed by atoms with E-state index in [0.717, 1.165) is 10.8 Å². The van der Waals surface area contributed by atoms with Crippen molar-refractivity contribution >= 4 is 14.6 Å². The van der Waals surface area contributed by atoms with Crippen molar-refractivity contribution in [3.8, 4) is 0 Å². The normalized spacial score (nSPS) is 29.7. The van der Waals surface area contributed by atoms with Crippen molar-refractivity contribution in [3.05, 3.63) is 32.9 Å². The summed E-state index contributed by atoms with van der Waals surface area (Å²) in [6, 6.07) is 0. The second-order valence-electron chi connectivity index (χ2n) is 7.91. The van der Waals surface area contributed by atoms with Gasteiger partial charge < -0.3 is 23.6 Å². The summed E-state index contributed by atoms with van der Waals surface area (Å²) in [5.74, 6) is -1.56. The van der Waals surface area contributed by atoms with E-state index in [-0.39, 0.29) is 19.6 Å². The number of carbonyl (C=O) groups excluding carboxylic acids is 1. The summed E-state index contributed by atoms with van der Waals surface area (Å²) in [4.78, 5) is 36.8. The van der Waals surface area contributed by atoms with Crippen LogP contribution in [-0.4, -0.2) is 52.3 Å². The van der Waals surface area contributed by atoms with E-state index in [0.29, 0.717) is 6.42 Å². The van der Waals surface area contributed by atoms with Crippen molar-refractivity contribution < 1.29 is 37.3 Å². The molecular formula is C17H24FN2O9P. The van der Waals surface area contributed by atoms with Gasteiger partial charge in [0.2, 0.25) is 12.1 Å². The van der Waals surface area contributed by atoms with Crippen LogP contribution in [-0.2, 0) is 27.8 Å². The van der Waals surface area contributed by atoms with Crippen molar-refractivity contribution in [2.45, 2.75) is 58.3 Å². The molecule has 0 amide bonds. The Bertz CT molecular complexity index is 883. The zero-order chi connectivity index (χ0) is 22.1. The molecule has 5 atom stereocenters. The van der Waals surface area contributed by atoms with E-state index in [1.165, 1.54) is 0 Å². The third kappa shape index (κ3) is 5.51. The van der Waals surface area contributed by atoms with Gasteiger partial charge in [-0.25, -0.2) is 4.79 Å². The summed E-state index contributed by atoms with van der Waals surface area (Å²) in [6.07, 6.45) is -2.56. The SMILES string of the molecule is CC(C)(C)C(=O)OC1CCOP(OC[C@@H]2O[C@H](n3cc(F)c(=O)[nH]c3=O)CC2O)O1. The van der Waals surface area contributed by atoms with Crippen LogP contribution in [0.4, 0.5) is 4.39 Å². The molecule has 3 unspecified atom stereocenters. The second kappa shape index (κ2) is 9.21. The van der Waals surface area contributed by atoms with Gasteiger partial charge in [-0.05, 0) is 20.8 Å². The largest absolute Gasteiger partial charge is 0.435 e. The number of aliphatic hydroxyl groups excluding tert-OH is 1. The molecule has 13 heteroatoms. The smallest absolute Gasteiger partial charge is 0.336 e. The lowest BCUT2D eigenvalue weighted by atomic mass is 9.97. The molecule has 1 aromatic heterocycles. The van der Waals surface area contributed by atoms with Gasteiger partial charge in [0.05, 0.1) is 30.9 Å². The van der Waals surface area contributed by atoms with E-state index in [1.54, 1.807) is 20.8 Å². The Morgan fingerprint density at radius 2 is 2.17 bits per heavy atom. The lowest BCUT2D eigenvalue weighted by Crippen LogP contribution is -2.34. The van der Waals surface area contributed by atoms with Gasteiger partial charge in [0.1, 0.15) is 12.3 Å². The van der Waals surface area contributed by atoms with Gasteiger partial charge in [0.15, 0.2) is 0 Å². The fourth-order valence-corrected chi connectivity index (χ4v) is 3.75. The van der Waals surface area contributed by atoms with Crippen molar-refractivity contribution in [1.82, 2.24) is 9.55 Å². The Labute approximate surface area is 172 Å². The summed E-state index contributed by atoms with van der Waals surface area (Å²) in [5.41, 5.74) is -2.67. The summed E-state index contributed by atoms with van der Waals surface area (Å²) >= 11 is 0. The molecule has 2 aliphatic heterocycles. The maximum Gasteiger partial charge on any atom is 0.336 e. The minimum atomic E-state index is -1.84. The highest BCUT2D eigenvalue weighted by molar-refractivity contribution is 7.41. The Morgan fingerprint density at radius 1 is 1.43 bits per heavy atom. The molecule has 11 nitrogen and oxygen atoms in total. The highest BCUT2D eigenvalue weighted by atomic mass is 31.2. The number of ether oxygens (including phenoxy) is 2. The predicted octanol–water partition coefficient (Wildman–Crippen LogP) is 0.920. The molecule has 0 aromatic carbocycles. The number of hydrogen-bond donors (Lipinski definition) is 2. The van der Waals surface area contributed by atoms with Gasteiger partial charge in [-0.15, -0.1) is 0 Å². The van der Waals surface area contributed by atoms with E-state index in [1.807, 2.05) is 4.98 Å². The van der Waals surface area contributed by atoms with Crippen LogP contribution < -0.4 is 11.2 Å². The third-order valence-electron chi connectivity index (χ3n) is 4.39. The number of aliphatic hydroxyl groups is 1. The number of H-pyrrole nitrogens is 1. The van der Waals surface area contributed by atoms with E-state index in [4.69, 9.17) is 23.0 Å². The average molecular weight is 450 g/mol. The maximum atomic E-state index is 13.5. The van der Waals surface area contributed by atoms with E-state index in [2.05, 4.69) is 0 Å². The molecule has 2 aliphatic rings. The molecule has 0 bridgehead atoms. The molecule has 1 aromatic rings. The lowest BCUT2D eigenvalue weighted by molar-refractivity contribution is -0.180. The fraction of sp³-hybridized carbons (Fsp3) is 0.706. The number of nitrogens with zero attached hydrogens (tertiary/aromatic N) is 1. The van der Waals surface area contributed by atoms with Crippen molar-refractivity contribution in [2.24, 2.45) is 5.41 Å². The zero-order valence-electron chi connectivity index (χ0n) is 16.7. The maximum absolute atomic E-state index is 13.5. The molecule has 168 valence electrons. The van der Waals surface area contributed by atoms with Gasteiger partial charge in [0.25, 0.3) is 5.56 Å². The van der Waals surface area contributed by atoms with Crippen LogP contribution in [0, 0.1) is 11.2 Å². The third-order valence-corrected chi connectivity index (χ3v) is 5.55. The topological polar surface area (TPSA) is 138 Å². The number of nitrogens with one attached hydrogen (secondary N) is 1. The monoisotopic (exact) mass is 450 g/mol. The minimum absolute atomic E-state index is 0.00905. The van der Waals surface area contributed by atoms with Crippen LogP contribution in [0.2, 0.25) is 0 Å². The summed E-state index contributed by atoms with van der Waals surface area (Å²) in [7, 11) is -1.84. The first-order valence-corrected chi connectivity index (χ1v) is 10.4. The standard InChI is InChI=1S/C17H24FN2O9P/c1-17(2,3)15(23)28-13-4-5-25-30(29-13)26-8-11-10(21)6-12(27-11)20-7-9(18)14(22)19-16(20)24/h7,10-13,21H,4-6,8H2,1-3H3,(H,19,22,24)/t10?,11-,12-,13?,30?/m0/s1. The lowest BCUT2D eigenvalue weighted by Gasteiger charge is -2.30. The first kappa shape index (κ1) is 23.0. The molecule has 3 rings (SSSR count). The number of rotatable bonds is 5. The molecule has 2 N–H and O–H groups in total. The van der Waals surface area contributed by atoms with Crippen molar-refractivity contribution in [2.75, 3.05) is 13.2 Å². The Morgan fingerprint density at radius 3 is 2.87 bits per heavy atom. The van der Waals surface area contributed by atoms with E-state index in [9.17, 15) is 23.9 Å². The van der Waals surface area contributed by atoms with E-state index >= 15 is 0 Å². The Kier molecular flexibility index (Phi) is 7.05. The average Bonchev–Trinajstić information content (AvgIpc) is 3.03. The first-order valence-electron chi connectivity index (χ1n) is 9.33. The molecule has 2 fully saturated rings. The zero-order valence-corrected chi connectivity index (χ0v) is 17.6. The number of esters is 1. The van der Waals surface area contributed by atoms with Gasteiger partial charge in [-0.2, -0.15) is 4.39 Å². The van der Waals surface area contributed by atoms with Crippen LogP contribution >= 0.6 is 8.60 Å². The second-order valence-corrected chi connectivity index (χ2v) is 9.08. The van der Waals surface area contributed by atoms with E-state index < -0.39 is 61.8 Å². The number of aromatic nitrogens is 2.